The molecule has 10 heteroatoms. The minimum atomic E-state index is 0.211. The monoisotopic (exact) mass is 351 g/mol. The van der Waals surface area contributed by atoms with E-state index in [2.05, 4.69) is 34.8 Å². The van der Waals surface area contributed by atoms with E-state index in [0.717, 1.165) is 24.2 Å². The quantitative estimate of drug-likeness (QED) is 0.680. The third kappa shape index (κ3) is 3.35. The number of rotatable bonds is 3. The van der Waals surface area contributed by atoms with Crippen molar-refractivity contribution in [2.24, 2.45) is 0 Å². The molecule has 0 unspecified atom stereocenters. The van der Waals surface area contributed by atoms with E-state index in [-0.39, 0.29) is 11.9 Å². The minimum Gasteiger partial charge on any atom is -0.378 e. The number of morpholine rings is 1. The highest BCUT2D eigenvalue weighted by Crippen LogP contribution is 2.25. The zero-order valence-electron chi connectivity index (χ0n) is 13.9. The number of ether oxygens (including phenoxy) is 1. The molecule has 132 valence electrons. The summed E-state index contributed by atoms with van der Waals surface area (Å²) in [6, 6.07) is 1.84. The van der Waals surface area contributed by atoms with Crippen molar-refractivity contribution >= 4 is 17.8 Å². The van der Waals surface area contributed by atoms with Crippen molar-refractivity contribution in [2.45, 2.75) is 0 Å². The first-order valence-electron chi connectivity index (χ1n) is 8.06. The van der Waals surface area contributed by atoms with E-state index in [9.17, 15) is 0 Å². The second-order valence-corrected chi connectivity index (χ2v) is 5.70. The van der Waals surface area contributed by atoms with Crippen LogP contribution in [-0.4, -0.2) is 56.2 Å². The molecular formula is C16H17N9O. The van der Waals surface area contributed by atoms with Crippen LogP contribution in [0.25, 0.3) is 22.5 Å². The molecule has 0 aliphatic carbocycles. The van der Waals surface area contributed by atoms with E-state index >= 15 is 0 Å². The van der Waals surface area contributed by atoms with Gasteiger partial charge in [0.05, 0.1) is 24.6 Å². The maximum absolute atomic E-state index is 5.58. The van der Waals surface area contributed by atoms with Gasteiger partial charge in [0, 0.05) is 49.0 Å². The Hall–Kier alpha value is -3.40. The lowest BCUT2D eigenvalue weighted by molar-refractivity contribution is 0.122. The Balaban J connectivity index is 1.80. The van der Waals surface area contributed by atoms with E-state index in [1.807, 2.05) is 6.07 Å². The zero-order valence-corrected chi connectivity index (χ0v) is 13.9. The molecule has 0 radical (unpaired) electrons. The lowest BCUT2D eigenvalue weighted by atomic mass is 10.1. The molecule has 4 heterocycles. The van der Waals surface area contributed by atoms with Crippen LogP contribution in [0.3, 0.4) is 0 Å². The van der Waals surface area contributed by atoms with Gasteiger partial charge in [-0.2, -0.15) is 0 Å². The molecule has 1 fully saturated rings. The van der Waals surface area contributed by atoms with E-state index in [1.165, 1.54) is 0 Å². The highest BCUT2D eigenvalue weighted by molar-refractivity contribution is 5.68. The fraction of sp³-hybridized carbons (Fsp3) is 0.250. The van der Waals surface area contributed by atoms with Crippen molar-refractivity contribution in [3.8, 4) is 22.5 Å². The highest BCUT2D eigenvalue weighted by Gasteiger charge is 2.17. The summed E-state index contributed by atoms with van der Waals surface area (Å²) in [4.78, 5) is 27.6. The molecule has 3 aromatic heterocycles. The van der Waals surface area contributed by atoms with E-state index in [0.29, 0.717) is 30.5 Å². The molecule has 3 aromatic rings. The summed E-state index contributed by atoms with van der Waals surface area (Å²) in [5, 5.41) is 0. The Kier molecular flexibility index (Phi) is 4.23. The van der Waals surface area contributed by atoms with Gasteiger partial charge in [0.1, 0.15) is 0 Å². The van der Waals surface area contributed by atoms with Gasteiger partial charge in [-0.05, 0) is 6.07 Å². The van der Waals surface area contributed by atoms with Gasteiger partial charge in [-0.15, -0.1) is 0 Å². The third-order valence-electron chi connectivity index (χ3n) is 3.94. The van der Waals surface area contributed by atoms with Crippen LogP contribution in [0.1, 0.15) is 0 Å². The van der Waals surface area contributed by atoms with Crippen LogP contribution >= 0.6 is 0 Å². The summed E-state index contributed by atoms with van der Waals surface area (Å²) >= 11 is 0. The minimum absolute atomic E-state index is 0.211. The molecule has 0 spiro atoms. The molecule has 1 aliphatic rings. The van der Waals surface area contributed by atoms with Crippen molar-refractivity contribution in [3.63, 3.8) is 0 Å². The van der Waals surface area contributed by atoms with Crippen molar-refractivity contribution in [2.75, 3.05) is 42.7 Å². The predicted molar refractivity (Wildman–Crippen MR) is 95.9 cm³/mol. The smallest absolute Gasteiger partial charge is 0.226 e. The van der Waals surface area contributed by atoms with Crippen molar-refractivity contribution in [3.05, 3.63) is 30.9 Å². The van der Waals surface area contributed by atoms with Gasteiger partial charge < -0.3 is 21.1 Å². The topological polar surface area (TPSA) is 142 Å². The first kappa shape index (κ1) is 16.1. The average molecular weight is 351 g/mol. The maximum atomic E-state index is 5.58. The van der Waals surface area contributed by atoms with Crippen molar-refractivity contribution < 1.29 is 4.74 Å². The Morgan fingerprint density at radius 2 is 1.23 bits per heavy atom. The Bertz CT molecular complexity index is 829. The van der Waals surface area contributed by atoms with Crippen molar-refractivity contribution in [1.82, 2.24) is 29.9 Å². The van der Waals surface area contributed by atoms with E-state index < -0.39 is 0 Å². The van der Waals surface area contributed by atoms with E-state index in [4.69, 9.17) is 16.2 Å². The molecule has 1 aliphatic heterocycles. The highest BCUT2D eigenvalue weighted by atomic mass is 16.5. The normalized spacial score (nSPS) is 14.4. The molecule has 10 nitrogen and oxygen atoms in total. The zero-order chi connectivity index (χ0) is 17.9. The molecule has 4 rings (SSSR count). The molecule has 0 aromatic carbocycles. The fourth-order valence-corrected chi connectivity index (χ4v) is 2.58. The maximum Gasteiger partial charge on any atom is 0.226 e. The molecule has 0 saturated carbocycles. The summed E-state index contributed by atoms with van der Waals surface area (Å²) in [6.45, 7) is 2.72. The van der Waals surface area contributed by atoms with Gasteiger partial charge in [0.2, 0.25) is 17.8 Å². The number of anilines is 3. The third-order valence-corrected chi connectivity index (χ3v) is 3.94. The molecular weight excluding hydrogens is 334 g/mol. The second kappa shape index (κ2) is 6.84. The van der Waals surface area contributed by atoms with Gasteiger partial charge in [0.25, 0.3) is 0 Å². The van der Waals surface area contributed by atoms with Gasteiger partial charge in [-0.3, -0.25) is 0 Å². The summed E-state index contributed by atoms with van der Waals surface area (Å²) in [7, 11) is 0. The Labute approximate surface area is 149 Å². The van der Waals surface area contributed by atoms with Gasteiger partial charge in [0.15, 0.2) is 0 Å². The second-order valence-electron chi connectivity index (χ2n) is 5.70. The Morgan fingerprint density at radius 3 is 1.69 bits per heavy atom. The summed E-state index contributed by atoms with van der Waals surface area (Å²) in [5.74, 6) is 1.03. The molecule has 1 saturated heterocycles. The van der Waals surface area contributed by atoms with Gasteiger partial charge >= 0.3 is 0 Å². The van der Waals surface area contributed by atoms with Crippen LogP contribution < -0.4 is 16.4 Å². The number of nitrogen functional groups attached to an aromatic ring is 2. The summed E-state index contributed by atoms with van der Waals surface area (Å²) in [5.41, 5.74) is 14.0. The van der Waals surface area contributed by atoms with Gasteiger partial charge in [-0.25, -0.2) is 29.9 Å². The van der Waals surface area contributed by atoms with Gasteiger partial charge in [-0.1, -0.05) is 0 Å². The number of hydrogen-bond acceptors (Lipinski definition) is 10. The molecule has 4 N–H and O–H groups in total. The first-order chi connectivity index (χ1) is 12.7. The molecule has 0 bridgehead atoms. The summed E-state index contributed by atoms with van der Waals surface area (Å²) < 4.78 is 5.41. The number of aromatic nitrogens is 6. The van der Waals surface area contributed by atoms with Crippen LogP contribution in [0.2, 0.25) is 0 Å². The van der Waals surface area contributed by atoms with Crippen LogP contribution in [0, 0.1) is 0 Å². The molecule has 26 heavy (non-hydrogen) atoms. The lowest BCUT2D eigenvalue weighted by Crippen LogP contribution is -2.37. The van der Waals surface area contributed by atoms with Crippen LogP contribution in [0.15, 0.2) is 30.9 Å². The lowest BCUT2D eigenvalue weighted by Gasteiger charge is -2.27. The van der Waals surface area contributed by atoms with Crippen LogP contribution in [0.4, 0.5) is 17.8 Å². The average Bonchev–Trinajstić information content (AvgIpc) is 2.69. The standard InChI is InChI=1S/C16H17N9O/c17-14-19-6-10(7-20-14)12-5-13(11-8-21-15(18)22-9-11)24-16(23-12)25-1-3-26-4-2-25/h5-9H,1-4H2,(H2,17,19,20)(H2,18,21,22). The first-order valence-corrected chi connectivity index (χ1v) is 8.06. The molecule has 0 atom stereocenters. The molecule has 0 amide bonds. The SMILES string of the molecule is Nc1ncc(-c2cc(-c3cnc(N)nc3)nc(N3CCOCC3)n2)cn1. The number of nitrogens with two attached hydrogens (primary N) is 2. The largest absolute Gasteiger partial charge is 0.378 e. The predicted octanol–water partition coefficient (Wildman–Crippen LogP) is 0.392. The van der Waals surface area contributed by atoms with Crippen LogP contribution in [0.5, 0.6) is 0 Å². The fourth-order valence-electron chi connectivity index (χ4n) is 2.58. The van der Waals surface area contributed by atoms with Crippen molar-refractivity contribution in [1.29, 1.82) is 0 Å². The number of hydrogen-bond donors (Lipinski definition) is 2. The Morgan fingerprint density at radius 1 is 0.769 bits per heavy atom. The van der Waals surface area contributed by atoms with Crippen LogP contribution in [-0.2, 0) is 4.74 Å². The number of nitrogens with zero attached hydrogens (tertiary/aromatic N) is 7. The van der Waals surface area contributed by atoms with E-state index in [1.54, 1.807) is 24.8 Å². The summed E-state index contributed by atoms with van der Waals surface area (Å²) in [6.07, 6.45) is 6.54.